The molecule has 0 aliphatic heterocycles. The Balaban J connectivity index is 1.15. The van der Waals surface area contributed by atoms with Crippen molar-refractivity contribution in [3.05, 3.63) is 94.0 Å². The molecule has 4 bridgehead atoms. The van der Waals surface area contributed by atoms with Gasteiger partial charge in [0.15, 0.2) is 0 Å². The van der Waals surface area contributed by atoms with E-state index in [-0.39, 0.29) is 5.56 Å². The molecule has 1 N–H and O–H groups in total. The molecule has 4 aliphatic carbocycles. The predicted octanol–water partition coefficient (Wildman–Crippen LogP) is 6.86. The molecule has 8 rings (SSSR count). The van der Waals surface area contributed by atoms with Gasteiger partial charge >= 0.3 is 0 Å². The van der Waals surface area contributed by atoms with E-state index in [1.807, 2.05) is 53.1 Å². The molecule has 1 heterocycles. The smallest absolute Gasteiger partial charge is 0.280 e. The highest BCUT2D eigenvalue weighted by Gasteiger charge is 2.58. The van der Waals surface area contributed by atoms with E-state index < -0.39 is 0 Å². The molecular weight excluding hydrogens is 442 g/mol. The number of nitrogens with zero attached hydrogens (tertiary/aromatic N) is 2. The summed E-state index contributed by atoms with van der Waals surface area (Å²) in [6.45, 7) is 0. The van der Waals surface area contributed by atoms with Gasteiger partial charge in [0.2, 0.25) is 0 Å². The number of nitrogens with one attached hydrogen (secondary N) is 1. The molecule has 0 radical (unpaired) electrons. The quantitative estimate of drug-likeness (QED) is 0.356. The average Bonchev–Trinajstić information content (AvgIpc) is 3.26. The lowest BCUT2D eigenvalue weighted by atomic mass is 9.71. The summed E-state index contributed by atoms with van der Waals surface area (Å²) in [7, 11) is 0. The van der Waals surface area contributed by atoms with Crippen molar-refractivity contribution in [2.45, 2.75) is 37.5 Å². The first-order chi connectivity index (χ1) is 16.6. The van der Waals surface area contributed by atoms with E-state index in [1.165, 1.54) is 37.7 Å². The van der Waals surface area contributed by atoms with Crippen LogP contribution >= 0.6 is 11.6 Å². The van der Waals surface area contributed by atoms with Crippen LogP contribution in [-0.2, 0) is 5.41 Å². The Kier molecular flexibility index (Phi) is 4.44. The fourth-order valence-electron chi connectivity index (χ4n) is 7.37. The number of hydrogen-bond acceptors (Lipinski definition) is 3. The molecule has 4 nitrogen and oxygen atoms in total. The molecule has 5 heteroatoms. The number of hydrogen-bond donors (Lipinski definition) is 1. The van der Waals surface area contributed by atoms with Crippen molar-refractivity contribution in [3.63, 3.8) is 0 Å². The highest BCUT2D eigenvalue weighted by Crippen LogP contribution is 2.66. The number of rotatable bonds is 4. The van der Waals surface area contributed by atoms with Crippen LogP contribution in [0.2, 0.25) is 5.02 Å². The molecule has 0 amide bonds. The number of para-hydroxylation sites is 1. The summed E-state index contributed by atoms with van der Waals surface area (Å²) < 4.78 is 1.94. The number of fused-ring (bicyclic) bond motifs is 1. The number of halogens is 1. The maximum absolute atomic E-state index is 12.1. The van der Waals surface area contributed by atoms with E-state index >= 15 is 0 Å². The van der Waals surface area contributed by atoms with E-state index in [9.17, 15) is 4.79 Å². The normalized spacial score (nSPS) is 26.9. The van der Waals surface area contributed by atoms with E-state index in [0.29, 0.717) is 10.8 Å². The Morgan fingerprint density at radius 3 is 2.47 bits per heavy atom. The molecule has 0 saturated heterocycles. The first-order valence-electron chi connectivity index (χ1n) is 12.2. The van der Waals surface area contributed by atoms with Crippen molar-refractivity contribution in [1.29, 1.82) is 0 Å². The maximum Gasteiger partial charge on any atom is 0.280 e. The van der Waals surface area contributed by atoms with Crippen LogP contribution in [0.3, 0.4) is 0 Å². The van der Waals surface area contributed by atoms with Crippen LogP contribution in [-0.4, -0.2) is 9.55 Å². The molecule has 4 aromatic rings. The van der Waals surface area contributed by atoms with Crippen LogP contribution in [0.25, 0.3) is 16.6 Å². The predicted molar refractivity (Wildman–Crippen MR) is 137 cm³/mol. The molecule has 0 spiro atoms. The second-order valence-corrected chi connectivity index (χ2v) is 10.9. The number of anilines is 2. The van der Waals surface area contributed by atoms with Gasteiger partial charge in [0.25, 0.3) is 5.56 Å². The van der Waals surface area contributed by atoms with Gasteiger partial charge in [-0.2, -0.15) is 4.98 Å². The first-order valence-corrected chi connectivity index (χ1v) is 12.6. The fraction of sp³-hybridized carbons (Fsp3) is 0.310. The van der Waals surface area contributed by atoms with Crippen LogP contribution in [0.15, 0.2) is 77.9 Å². The van der Waals surface area contributed by atoms with Gasteiger partial charge < -0.3 is 9.88 Å². The summed E-state index contributed by atoms with van der Waals surface area (Å²) in [6, 6.07) is 22.3. The summed E-state index contributed by atoms with van der Waals surface area (Å²) >= 11 is 6.80. The fourth-order valence-corrected chi connectivity index (χ4v) is 7.59. The summed E-state index contributed by atoms with van der Waals surface area (Å²) in [4.78, 5) is 16.1. The minimum atomic E-state index is -0.207. The second-order valence-electron chi connectivity index (χ2n) is 10.5. The Labute approximate surface area is 203 Å². The Morgan fingerprint density at radius 2 is 1.71 bits per heavy atom. The lowest BCUT2D eigenvalue weighted by molar-refractivity contribution is 0.266. The van der Waals surface area contributed by atoms with E-state index in [0.717, 1.165) is 45.4 Å². The minimum absolute atomic E-state index is 0.207. The van der Waals surface area contributed by atoms with Gasteiger partial charge in [0, 0.05) is 11.4 Å². The number of aromatic nitrogens is 2. The summed E-state index contributed by atoms with van der Waals surface area (Å²) in [5.41, 5.74) is 5.31. The Hall–Kier alpha value is -3.11. The van der Waals surface area contributed by atoms with E-state index in [1.54, 1.807) is 6.33 Å². The molecule has 170 valence electrons. The van der Waals surface area contributed by atoms with Crippen molar-refractivity contribution < 1.29 is 0 Å². The van der Waals surface area contributed by atoms with E-state index in [4.69, 9.17) is 11.6 Å². The highest BCUT2D eigenvalue weighted by molar-refractivity contribution is 6.33. The zero-order valence-electron chi connectivity index (χ0n) is 18.9. The van der Waals surface area contributed by atoms with Gasteiger partial charge in [-0.1, -0.05) is 29.8 Å². The monoisotopic (exact) mass is 467 g/mol. The van der Waals surface area contributed by atoms with Gasteiger partial charge in [-0.15, -0.1) is 0 Å². The lowest BCUT2D eigenvalue weighted by Crippen LogP contribution is -2.27. The molecule has 4 saturated carbocycles. The standard InChI is InChI=1S/C29H26ClN3O/c30-25-14-20(29-15-18-11-19(16-29)13-21(29)12-18)5-10-26(25)32-22-6-8-23(9-7-22)33-17-31-28(34)24-3-1-2-4-27(24)33/h1-10,14,17-19,21,32H,11-13,15-16H2. The van der Waals surface area contributed by atoms with Gasteiger partial charge in [0.1, 0.15) is 6.33 Å². The lowest BCUT2D eigenvalue weighted by Gasteiger charge is -2.34. The molecule has 4 fully saturated rings. The molecule has 4 aliphatic rings. The molecule has 1 aromatic heterocycles. The van der Waals surface area contributed by atoms with E-state index in [2.05, 4.69) is 28.5 Å². The Bertz CT molecular complexity index is 1460. The van der Waals surface area contributed by atoms with Crippen LogP contribution in [0.4, 0.5) is 11.4 Å². The number of benzene rings is 3. The van der Waals surface area contributed by atoms with Crippen molar-refractivity contribution in [3.8, 4) is 5.69 Å². The van der Waals surface area contributed by atoms with Crippen molar-refractivity contribution >= 4 is 33.9 Å². The second kappa shape index (κ2) is 7.44. The van der Waals surface area contributed by atoms with Gasteiger partial charge in [0.05, 0.1) is 21.6 Å². The average molecular weight is 468 g/mol. The molecular formula is C29H26ClN3O. The molecule has 3 aromatic carbocycles. The van der Waals surface area contributed by atoms with Crippen molar-refractivity contribution in [2.24, 2.45) is 17.8 Å². The van der Waals surface area contributed by atoms with Gasteiger partial charge in [-0.05, 0) is 109 Å². The van der Waals surface area contributed by atoms with Crippen molar-refractivity contribution in [2.75, 3.05) is 5.32 Å². The highest BCUT2D eigenvalue weighted by atomic mass is 35.5. The zero-order chi connectivity index (χ0) is 22.9. The summed E-state index contributed by atoms with van der Waals surface area (Å²) in [5.74, 6) is 2.72. The van der Waals surface area contributed by atoms with Gasteiger partial charge in [-0.25, -0.2) is 0 Å². The van der Waals surface area contributed by atoms with Crippen LogP contribution < -0.4 is 10.9 Å². The third kappa shape index (κ3) is 3.05. The Morgan fingerprint density at radius 1 is 0.941 bits per heavy atom. The molecule has 34 heavy (non-hydrogen) atoms. The SMILES string of the molecule is O=c1ncn(-c2ccc(Nc3ccc(C45CC6CC(CC4C6)C5)cc3Cl)cc2)c2ccccc12. The van der Waals surface area contributed by atoms with Crippen molar-refractivity contribution in [1.82, 2.24) is 9.55 Å². The first kappa shape index (κ1) is 20.3. The summed E-state index contributed by atoms with van der Waals surface area (Å²) in [5, 5.41) is 4.89. The largest absolute Gasteiger partial charge is 0.354 e. The zero-order valence-corrected chi connectivity index (χ0v) is 19.6. The van der Waals surface area contributed by atoms with Crippen LogP contribution in [0.1, 0.15) is 37.7 Å². The van der Waals surface area contributed by atoms with Crippen LogP contribution in [0.5, 0.6) is 0 Å². The molecule has 2 atom stereocenters. The van der Waals surface area contributed by atoms with Crippen LogP contribution in [0, 0.1) is 17.8 Å². The minimum Gasteiger partial charge on any atom is -0.354 e. The summed E-state index contributed by atoms with van der Waals surface area (Å²) in [6.07, 6.45) is 8.58. The topological polar surface area (TPSA) is 46.9 Å². The van der Waals surface area contributed by atoms with Gasteiger partial charge in [-0.3, -0.25) is 4.79 Å². The third-order valence-electron chi connectivity index (χ3n) is 8.64. The maximum atomic E-state index is 12.1. The third-order valence-corrected chi connectivity index (χ3v) is 8.96. The molecule has 2 unspecified atom stereocenters.